The number of ether oxygens (including phenoxy) is 1. The Bertz CT molecular complexity index is 720. The van der Waals surface area contributed by atoms with Gasteiger partial charge in [0.15, 0.2) is 8.32 Å². The minimum absolute atomic E-state index is 0.0271. The summed E-state index contributed by atoms with van der Waals surface area (Å²) in [7, 11) is -2.20. The number of nitrogens with zero attached hydrogens (tertiary/aromatic N) is 3. The summed E-state index contributed by atoms with van der Waals surface area (Å²) in [6, 6.07) is 0. The Morgan fingerprint density at radius 1 is 1.43 bits per heavy atom. The van der Waals surface area contributed by atoms with Gasteiger partial charge in [-0.2, -0.15) is 0 Å². The number of hydrogen-bond acceptors (Lipinski definition) is 4. The van der Waals surface area contributed by atoms with Crippen LogP contribution in [0.2, 0.25) is 18.1 Å². The van der Waals surface area contributed by atoms with Crippen LogP contribution in [0, 0.1) is 3.57 Å². The highest BCUT2D eigenvalue weighted by Gasteiger charge is 2.45. The average molecular weight is 445 g/mol. The number of rotatable bonds is 5. The Morgan fingerprint density at radius 2 is 2.13 bits per heavy atom. The number of aromatic nitrogens is 3. The molecule has 2 aromatic rings. The van der Waals surface area contributed by atoms with Gasteiger partial charge < -0.3 is 14.1 Å². The molecule has 1 saturated heterocycles. The van der Waals surface area contributed by atoms with Gasteiger partial charge in [-0.25, -0.2) is 9.97 Å². The van der Waals surface area contributed by atoms with Crippen molar-refractivity contribution in [3.8, 4) is 0 Å². The highest BCUT2D eigenvalue weighted by molar-refractivity contribution is 14.1. The van der Waals surface area contributed by atoms with E-state index in [1.807, 2.05) is 19.3 Å². The summed E-state index contributed by atoms with van der Waals surface area (Å²) in [5, 5.41) is 1.07. The number of halogens is 1. The maximum atomic E-state index is 10.6. The van der Waals surface area contributed by atoms with E-state index in [9.17, 15) is 4.80 Å². The van der Waals surface area contributed by atoms with Crippen molar-refractivity contribution in [3.05, 3.63) is 22.3 Å². The monoisotopic (exact) mass is 445 g/mol. The molecule has 0 aliphatic carbocycles. The lowest BCUT2D eigenvalue weighted by atomic mass is 9.87. The third kappa shape index (κ3) is 2.96. The van der Waals surface area contributed by atoms with Gasteiger partial charge in [-0.1, -0.05) is 13.8 Å². The molecule has 0 spiro atoms. The molecule has 3 heterocycles. The van der Waals surface area contributed by atoms with E-state index in [0.29, 0.717) is 13.2 Å². The lowest BCUT2D eigenvalue weighted by Crippen LogP contribution is -2.52. The Balaban J connectivity index is 1.92. The molecular weight excluding hydrogens is 421 g/mol. The Hall–Kier alpha value is -0.513. The van der Waals surface area contributed by atoms with Gasteiger partial charge >= 0.3 is 0 Å². The summed E-state index contributed by atoms with van der Waals surface area (Å²) in [5.74, 6) is 0. The molecule has 1 aliphatic rings. The fraction of sp³-hybridized carbons (Fsp3) is 0.625. The van der Waals surface area contributed by atoms with E-state index < -0.39 is 8.32 Å². The van der Waals surface area contributed by atoms with Crippen molar-refractivity contribution in [1.29, 1.82) is 0 Å². The fourth-order valence-corrected chi connectivity index (χ4v) is 4.28. The molecule has 0 amide bonds. The van der Waals surface area contributed by atoms with E-state index in [-0.39, 0.29) is 10.6 Å². The molecule has 0 unspecified atom stereocenters. The van der Waals surface area contributed by atoms with Crippen LogP contribution in [0.15, 0.2) is 18.7 Å². The summed E-state index contributed by atoms with van der Waals surface area (Å²) in [4.78, 5) is 19.2. The SMILES string of the molecule is CC(C)(CCC1(n2cc(I)c3cncnc32)COC1)[Si](C)(C)O. The van der Waals surface area contributed by atoms with Crippen LogP contribution in [0.25, 0.3) is 11.0 Å². The molecule has 0 radical (unpaired) electrons. The van der Waals surface area contributed by atoms with Crippen molar-refractivity contribution in [2.75, 3.05) is 13.2 Å². The van der Waals surface area contributed by atoms with Crippen LogP contribution in [0.1, 0.15) is 26.7 Å². The van der Waals surface area contributed by atoms with Gasteiger partial charge in [0, 0.05) is 16.0 Å². The molecule has 0 bridgehead atoms. The summed E-state index contributed by atoms with van der Waals surface area (Å²) in [6.45, 7) is 9.84. The first-order valence-corrected chi connectivity index (χ1v) is 12.0. The first kappa shape index (κ1) is 17.3. The highest BCUT2D eigenvalue weighted by Crippen LogP contribution is 2.45. The van der Waals surface area contributed by atoms with Crippen molar-refractivity contribution in [3.63, 3.8) is 0 Å². The normalized spacial score (nSPS) is 18.2. The van der Waals surface area contributed by atoms with Gasteiger partial charge in [-0.05, 0) is 53.6 Å². The second kappa shape index (κ2) is 5.78. The molecule has 126 valence electrons. The molecule has 0 saturated carbocycles. The molecular formula is C16H24IN3O2Si. The molecule has 0 atom stereocenters. The van der Waals surface area contributed by atoms with E-state index in [0.717, 1.165) is 23.9 Å². The molecule has 7 heteroatoms. The summed E-state index contributed by atoms with van der Waals surface area (Å²) in [6.07, 6.45) is 7.61. The molecule has 3 rings (SSSR count). The van der Waals surface area contributed by atoms with Crippen LogP contribution in [0.5, 0.6) is 0 Å². The summed E-state index contributed by atoms with van der Waals surface area (Å²) in [5.41, 5.74) is 0.929. The zero-order chi connectivity index (χ0) is 16.9. The first-order chi connectivity index (χ1) is 10.7. The lowest BCUT2D eigenvalue weighted by molar-refractivity contribution is -0.105. The van der Waals surface area contributed by atoms with E-state index in [4.69, 9.17) is 4.74 Å². The average Bonchev–Trinajstić information content (AvgIpc) is 2.75. The molecule has 1 aliphatic heterocycles. The zero-order valence-electron chi connectivity index (χ0n) is 14.1. The smallest absolute Gasteiger partial charge is 0.188 e. The highest BCUT2D eigenvalue weighted by atomic mass is 127. The van der Waals surface area contributed by atoms with Gasteiger partial charge in [-0.3, -0.25) is 0 Å². The van der Waals surface area contributed by atoms with Gasteiger partial charge in [-0.15, -0.1) is 0 Å². The van der Waals surface area contributed by atoms with Crippen LogP contribution < -0.4 is 0 Å². The van der Waals surface area contributed by atoms with Crippen LogP contribution in [0.3, 0.4) is 0 Å². The summed E-state index contributed by atoms with van der Waals surface area (Å²) < 4.78 is 9.03. The Labute approximate surface area is 151 Å². The van der Waals surface area contributed by atoms with Gasteiger partial charge in [0.1, 0.15) is 12.0 Å². The summed E-state index contributed by atoms with van der Waals surface area (Å²) >= 11 is 2.34. The van der Waals surface area contributed by atoms with E-state index >= 15 is 0 Å². The number of fused-ring (bicyclic) bond motifs is 1. The molecule has 2 aromatic heterocycles. The predicted molar refractivity (Wildman–Crippen MR) is 102 cm³/mol. The maximum Gasteiger partial charge on any atom is 0.188 e. The third-order valence-corrected chi connectivity index (χ3v) is 9.97. The van der Waals surface area contributed by atoms with Crippen LogP contribution in [0.4, 0.5) is 0 Å². The van der Waals surface area contributed by atoms with Crippen LogP contribution in [-0.2, 0) is 10.3 Å². The van der Waals surface area contributed by atoms with Crippen LogP contribution >= 0.6 is 22.6 Å². The van der Waals surface area contributed by atoms with E-state index in [1.54, 1.807) is 6.33 Å². The maximum absolute atomic E-state index is 10.6. The van der Waals surface area contributed by atoms with Crippen molar-refractivity contribution >= 4 is 41.9 Å². The van der Waals surface area contributed by atoms with E-state index in [2.05, 4.69) is 57.2 Å². The molecule has 1 N–H and O–H groups in total. The van der Waals surface area contributed by atoms with E-state index in [1.165, 1.54) is 3.57 Å². The largest absolute Gasteiger partial charge is 0.432 e. The van der Waals surface area contributed by atoms with Crippen molar-refractivity contribution in [1.82, 2.24) is 14.5 Å². The predicted octanol–water partition coefficient (Wildman–Crippen LogP) is 3.52. The van der Waals surface area contributed by atoms with Gasteiger partial charge in [0.05, 0.1) is 24.1 Å². The Morgan fingerprint density at radius 3 is 2.70 bits per heavy atom. The van der Waals surface area contributed by atoms with Crippen LogP contribution in [-0.4, -0.2) is 40.9 Å². The topological polar surface area (TPSA) is 60.2 Å². The molecule has 5 nitrogen and oxygen atoms in total. The third-order valence-electron chi connectivity index (χ3n) is 5.54. The molecule has 1 fully saturated rings. The minimum atomic E-state index is -2.20. The second-order valence-electron chi connectivity index (χ2n) is 7.77. The number of hydrogen-bond donors (Lipinski definition) is 1. The first-order valence-electron chi connectivity index (χ1n) is 7.94. The lowest BCUT2D eigenvalue weighted by Gasteiger charge is -2.46. The van der Waals surface area contributed by atoms with Crippen molar-refractivity contribution in [2.24, 2.45) is 0 Å². The minimum Gasteiger partial charge on any atom is -0.432 e. The second-order valence-corrected chi connectivity index (χ2v) is 13.4. The standard InChI is InChI=1S/C16H24IN3O2Si/c1-15(2,23(3,4)21)5-6-16(9-22-10-16)20-8-13(17)12-7-18-11-19-14(12)20/h7-8,11,21H,5-6,9-10H2,1-4H3. The van der Waals surface area contributed by atoms with Gasteiger partial charge in [0.2, 0.25) is 0 Å². The fourth-order valence-electron chi connectivity index (χ4n) is 2.88. The molecule has 23 heavy (non-hydrogen) atoms. The zero-order valence-corrected chi connectivity index (χ0v) is 17.3. The quantitative estimate of drug-likeness (QED) is 0.565. The van der Waals surface area contributed by atoms with Crippen molar-refractivity contribution in [2.45, 2.75) is 50.4 Å². The van der Waals surface area contributed by atoms with Crippen molar-refractivity contribution < 1.29 is 9.53 Å². The Kier molecular flexibility index (Phi) is 4.35. The molecule has 0 aromatic carbocycles. The van der Waals surface area contributed by atoms with Gasteiger partial charge in [0.25, 0.3) is 0 Å².